The molecule has 27 heavy (non-hydrogen) atoms. The summed E-state index contributed by atoms with van der Waals surface area (Å²) < 4.78 is 5.25. The highest BCUT2D eigenvalue weighted by molar-refractivity contribution is 5.93. The lowest BCUT2D eigenvalue weighted by molar-refractivity contribution is -0.384. The lowest BCUT2D eigenvalue weighted by Crippen LogP contribution is -2.33. The molecule has 1 saturated heterocycles. The van der Waals surface area contributed by atoms with Crippen molar-refractivity contribution in [3.05, 3.63) is 63.7 Å². The Kier molecular flexibility index (Phi) is 5.36. The van der Waals surface area contributed by atoms with Crippen molar-refractivity contribution in [3.63, 3.8) is 0 Å². The van der Waals surface area contributed by atoms with Crippen molar-refractivity contribution in [2.45, 2.75) is 19.8 Å². The third-order valence-corrected chi connectivity index (χ3v) is 4.73. The summed E-state index contributed by atoms with van der Waals surface area (Å²) in [5.41, 5.74) is 0.992. The lowest BCUT2D eigenvalue weighted by atomic mass is 9.98. The van der Waals surface area contributed by atoms with Crippen LogP contribution in [-0.4, -0.2) is 24.0 Å². The van der Waals surface area contributed by atoms with Gasteiger partial charge in [-0.3, -0.25) is 10.1 Å². The van der Waals surface area contributed by atoms with Crippen LogP contribution in [0.15, 0.2) is 42.5 Å². The molecule has 7 heteroatoms. The zero-order valence-electron chi connectivity index (χ0n) is 14.9. The molecule has 0 aromatic heterocycles. The Morgan fingerprint density at radius 2 is 1.89 bits per heavy atom. The quantitative estimate of drug-likeness (QED) is 0.353. The molecule has 0 bridgehead atoms. The predicted molar refractivity (Wildman–Crippen MR) is 99.8 cm³/mol. The molecule has 0 atom stereocenters. The van der Waals surface area contributed by atoms with Gasteiger partial charge in [0.05, 0.1) is 22.1 Å². The van der Waals surface area contributed by atoms with Crippen molar-refractivity contribution >= 4 is 17.3 Å². The maximum absolute atomic E-state index is 12.4. The molecular weight excluding hydrogens is 346 g/mol. The minimum atomic E-state index is -0.679. The Balaban J connectivity index is 1.81. The first kappa shape index (κ1) is 18.4. The number of piperidine rings is 1. The number of ether oxygens (including phenoxy) is 1. The van der Waals surface area contributed by atoms with Gasteiger partial charge in [-0.15, -0.1) is 0 Å². The van der Waals surface area contributed by atoms with E-state index in [1.54, 1.807) is 12.1 Å². The van der Waals surface area contributed by atoms with Crippen molar-refractivity contribution in [1.29, 1.82) is 5.26 Å². The van der Waals surface area contributed by atoms with E-state index in [9.17, 15) is 14.9 Å². The number of carbonyl (C=O) groups excluding carboxylic acids is 1. The fraction of sp³-hybridized carbons (Fsp3) is 0.300. The molecule has 7 nitrogen and oxygen atoms in total. The van der Waals surface area contributed by atoms with Gasteiger partial charge >= 0.3 is 5.97 Å². The molecular formula is C20H19N3O4. The van der Waals surface area contributed by atoms with E-state index in [0.29, 0.717) is 17.2 Å². The Labute approximate surface area is 156 Å². The zero-order chi connectivity index (χ0) is 19.4. The second kappa shape index (κ2) is 7.87. The van der Waals surface area contributed by atoms with E-state index in [1.165, 1.54) is 30.3 Å². The molecule has 3 rings (SSSR count). The zero-order valence-corrected chi connectivity index (χ0v) is 14.9. The number of nitriles is 1. The summed E-state index contributed by atoms with van der Waals surface area (Å²) in [6.45, 7) is 3.70. The van der Waals surface area contributed by atoms with Gasteiger partial charge in [0, 0.05) is 19.2 Å². The maximum Gasteiger partial charge on any atom is 0.343 e. The van der Waals surface area contributed by atoms with E-state index in [1.807, 2.05) is 11.0 Å². The molecule has 0 amide bonds. The fourth-order valence-corrected chi connectivity index (χ4v) is 3.08. The average molecular weight is 365 g/mol. The third-order valence-electron chi connectivity index (χ3n) is 4.73. The minimum absolute atomic E-state index is 0.0983. The van der Waals surface area contributed by atoms with Gasteiger partial charge in [0.25, 0.3) is 5.69 Å². The molecule has 0 saturated carbocycles. The Hall–Kier alpha value is -3.40. The first-order chi connectivity index (χ1) is 13.0. The SMILES string of the molecule is CC1CCN(c2ccc(C(=O)Oc3ccc(C#N)cc3)cc2[N+](=O)[O-])CC1. The van der Waals surface area contributed by atoms with E-state index >= 15 is 0 Å². The number of nitro groups is 1. The summed E-state index contributed by atoms with van der Waals surface area (Å²) in [6, 6.07) is 12.5. The molecule has 138 valence electrons. The van der Waals surface area contributed by atoms with Gasteiger partial charge in [0.2, 0.25) is 0 Å². The second-order valence-electron chi connectivity index (χ2n) is 6.66. The summed E-state index contributed by atoms with van der Waals surface area (Å²) in [5.74, 6) is 0.208. The molecule has 0 aliphatic carbocycles. The average Bonchev–Trinajstić information content (AvgIpc) is 2.68. The monoisotopic (exact) mass is 365 g/mol. The molecule has 2 aromatic carbocycles. The first-order valence-corrected chi connectivity index (χ1v) is 8.73. The summed E-state index contributed by atoms with van der Waals surface area (Å²) in [4.78, 5) is 25.4. The normalized spacial score (nSPS) is 14.4. The van der Waals surface area contributed by atoms with Crippen molar-refractivity contribution in [2.75, 3.05) is 18.0 Å². The van der Waals surface area contributed by atoms with Gasteiger partial charge in [-0.1, -0.05) is 6.92 Å². The van der Waals surface area contributed by atoms with Gasteiger partial charge in [0.1, 0.15) is 11.4 Å². The van der Waals surface area contributed by atoms with Gasteiger partial charge in [-0.25, -0.2) is 4.79 Å². The van der Waals surface area contributed by atoms with E-state index in [0.717, 1.165) is 25.9 Å². The van der Waals surface area contributed by atoms with E-state index in [2.05, 4.69) is 6.92 Å². The number of carbonyl (C=O) groups is 1. The molecule has 0 N–H and O–H groups in total. The molecule has 1 aliphatic heterocycles. The number of rotatable bonds is 4. The number of hydrogen-bond acceptors (Lipinski definition) is 6. The number of benzene rings is 2. The Bertz CT molecular complexity index is 894. The van der Waals surface area contributed by atoms with Crippen LogP contribution >= 0.6 is 0 Å². The fourth-order valence-electron chi connectivity index (χ4n) is 3.08. The topological polar surface area (TPSA) is 96.5 Å². The van der Waals surface area contributed by atoms with E-state index < -0.39 is 10.9 Å². The number of esters is 1. The molecule has 1 heterocycles. The summed E-state index contributed by atoms with van der Waals surface area (Å²) in [6.07, 6.45) is 1.97. The van der Waals surface area contributed by atoms with Crippen molar-refractivity contribution < 1.29 is 14.5 Å². The lowest BCUT2D eigenvalue weighted by Gasteiger charge is -2.31. The largest absolute Gasteiger partial charge is 0.423 e. The van der Waals surface area contributed by atoms with Crippen molar-refractivity contribution in [2.24, 2.45) is 5.92 Å². The Morgan fingerprint density at radius 3 is 2.48 bits per heavy atom. The number of nitrogens with zero attached hydrogens (tertiary/aromatic N) is 3. The standard InChI is InChI=1S/C20H19N3O4/c1-14-8-10-22(11-9-14)18-7-4-16(12-19(18)23(25)26)20(24)27-17-5-2-15(13-21)3-6-17/h2-7,12,14H,8-11H2,1H3. The highest BCUT2D eigenvalue weighted by Gasteiger charge is 2.25. The van der Waals surface area contributed by atoms with Gasteiger partial charge in [0.15, 0.2) is 0 Å². The van der Waals surface area contributed by atoms with Crippen LogP contribution in [0.3, 0.4) is 0 Å². The molecule has 1 aliphatic rings. The minimum Gasteiger partial charge on any atom is -0.423 e. The Morgan fingerprint density at radius 1 is 1.22 bits per heavy atom. The highest BCUT2D eigenvalue weighted by Crippen LogP contribution is 2.32. The second-order valence-corrected chi connectivity index (χ2v) is 6.66. The summed E-state index contributed by atoms with van der Waals surface area (Å²) in [7, 11) is 0. The third kappa shape index (κ3) is 4.23. The van der Waals surface area contributed by atoms with Crippen molar-refractivity contribution in [1.82, 2.24) is 0 Å². The maximum atomic E-state index is 12.4. The molecule has 2 aromatic rings. The summed E-state index contributed by atoms with van der Waals surface area (Å²) >= 11 is 0. The van der Waals surface area contributed by atoms with Crippen LogP contribution < -0.4 is 9.64 Å². The number of hydrogen-bond donors (Lipinski definition) is 0. The van der Waals surface area contributed by atoms with Crippen LogP contribution in [0, 0.1) is 27.4 Å². The van der Waals surface area contributed by atoms with Gasteiger partial charge < -0.3 is 9.64 Å². The predicted octanol–water partition coefficient (Wildman–Crippen LogP) is 3.92. The molecule has 1 fully saturated rings. The van der Waals surface area contributed by atoms with Gasteiger partial charge in [-0.2, -0.15) is 5.26 Å². The first-order valence-electron chi connectivity index (χ1n) is 8.73. The molecule has 0 spiro atoms. The van der Waals surface area contributed by atoms with E-state index in [-0.39, 0.29) is 17.0 Å². The molecule has 0 unspecified atom stereocenters. The highest BCUT2D eigenvalue weighted by atomic mass is 16.6. The number of nitro benzene ring substituents is 1. The van der Waals surface area contributed by atoms with Gasteiger partial charge in [-0.05, 0) is 55.2 Å². The van der Waals surface area contributed by atoms with Crippen LogP contribution in [0.1, 0.15) is 35.7 Å². The van der Waals surface area contributed by atoms with E-state index in [4.69, 9.17) is 10.00 Å². The van der Waals surface area contributed by atoms with Crippen LogP contribution in [-0.2, 0) is 0 Å². The summed E-state index contributed by atoms with van der Waals surface area (Å²) in [5, 5.41) is 20.3. The van der Waals surface area contributed by atoms with Crippen LogP contribution in [0.2, 0.25) is 0 Å². The number of anilines is 1. The van der Waals surface area contributed by atoms with Crippen LogP contribution in [0.4, 0.5) is 11.4 Å². The van der Waals surface area contributed by atoms with Crippen LogP contribution in [0.25, 0.3) is 0 Å². The smallest absolute Gasteiger partial charge is 0.343 e. The van der Waals surface area contributed by atoms with Crippen molar-refractivity contribution in [3.8, 4) is 11.8 Å². The van der Waals surface area contributed by atoms with Crippen LogP contribution in [0.5, 0.6) is 5.75 Å². The molecule has 0 radical (unpaired) electrons.